The number of hydrogen-bond donors (Lipinski definition) is 2. The van der Waals surface area contributed by atoms with Gasteiger partial charge in [-0.3, -0.25) is 4.79 Å². The zero-order chi connectivity index (χ0) is 18.8. The SMILES string of the molecule is CCc1nc(C(N)=O)c(Nc2ccc(CS(C)(=O)=O)c(Cl)c2)nc1Cl. The molecule has 0 fully saturated rings. The summed E-state index contributed by atoms with van der Waals surface area (Å²) in [6.07, 6.45) is 1.62. The fourth-order valence-electron chi connectivity index (χ4n) is 2.09. The van der Waals surface area contributed by atoms with Crippen molar-refractivity contribution in [3.05, 3.63) is 45.3 Å². The van der Waals surface area contributed by atoms with E-state index in [4.69, 9.17) is 28.9 Å². The number of nitrogens with one attached hydrogen (secondary N) is 1. The number of sulfone groups is 1. The number of primary amides is 1. The lowest BCUT2D eigenvalue weighted by Crippen LogP contribution is -2.18. The highest BCUT2D eigenvalue weighted by atomic mass is 35.5. The Morgan fingerprint density at radius 2 is 1.96 bits per heavy atom. The highest BCUT2D eigenvalue weighted by Gasteiger charge is 2.17. The molecule has 3 N–H and O–H groups in total. The van der Waals surface area contributed by atoms with E-state index >= 15 is 0 Å². The number of anilines is 2. The van der Waals surface area contributed by atoms with Crippen LogP contribution in [0.5, 0.6) is 0 Å². The third kappa shape index (κ3) is 5.04. The highest BCUT2D eigenvalue weighted by molar-refractivity contribution is 7.89. The Hall–Kier alpha value is -1.90. The molecule has 7 nitrogen and oxygen atoms in total. The highest BCUT2D eigenvalue weighted by Crippen LogP contribution is 2.26. The third-order valence-electron chi connectivity index (χ3n) is 3.22. The van der Waals surface area contributed by atoms with Crippen molar-refractivity contribution in [1.29, 1.82) is 0 Å². The largest absolute Gasteiger partial charge is 0.364 e. The summed E-state index contributed by atoms with van der Waals surface area (Å²) in [7, 11) is -3.21. The van der Waals surface area contributed by atoms with Crippen LogP contribution in [0.15, 0.2) is 18.2 Å². The molecule has 25 heavy (non-hydrogen) atoms. The Morgan fingerprint density at radius 1 is 1.28 bits per heavy atom. The number of hydrogen-bond acceptors (Lipinski definition) is 6. The van der Waals surface area contributed by atoms with E-state index < -0.39 is 15.7 Å². The van der Waals surface area contributed by atoms with Crippen molar-refractivity contribution in [1.82, 2.24) is 9.97 Å². The van der Waals surface area contributed by atoms with Crippen molar-refractivity contribution in [3.8, 4) is 0 Å². The molecule has 2 aromatic rings. The lowest BCUT2D eigenvalue weighted by Gasteiger charge is -2.12. The number of nitrogens with two attached hydrogens (primary N) is 1. The second kappa shape index (κ2) is 7.55. The molecular weight excluding hydrogens is 387 g/mol. The molecule has 0 spiro atoms. The van der Waals surface area contributed by atoms with Crippen molar-refractivity contribution >= 4 is 50.5 Å². The van der Waals surface area contributed by atoms with E-state index in [1.165, 1.54) is 6.07 Å². The number of benzene rings is 1. The molecule has 134 valence electrons. The van der Waals surface area contributed by atoms with Gasteiger partial charge in [0.1, 0.15) is 0 Å². The Balaban J connectivity index is 2.38. The van der Waals surface area contributed by atoms with Crippen LogP contribution in [0, 0.1) is 0 Å². The molecule has 2 rings (SSSR count). The molecule has 1 amide bonds. The lowest BCUT2D eigenvalue weighted by molar-refractivity contribution is 0.0996. The van der Waals surface area contributed by atoms with Gasteiger partial charge in [0.05, 0.1) is 11.4 Å². The van der Waals surface area contributed by atoms with Crippen LogP contribution in [0.25, 0.3) is 0 Å². The summed E-state index contributed by atoms with van der Waals surface area (Å²) in [5, 5.41) is 3.31. The Kier molecular flexibility index (Phi) is 5.87. The zero-order valence-corrected chi connectivity index (χ0v) is 15.8. The van der Waals surface area contributed by atoms with Gasteiger partial charge in [-0.05, 0) is 24.1 Å². The number of carbonyl (C=O) groups excluding carboxylic acids is 1. The molecule has 0 aliphatic carbocycles. The van der Waals surface area contributed by atoms with E-state index in [1.54, 1.807) is 12.1 Å². The van der Waals surface area contributed by atoms with Crippen molar-refractivity contribution in [2.75, 3.05) is 11.6 Å². The standard InChI is InChI=1S/C15H16Cl2N4O3S/c1-3-11-13(17)21-15(12(20-11)14(18)22)19-9-5-4-8(10(16)6-9)7-25(2,23)24/h4-6H,3,7H2,1-2H3,(H2,18,22)(H,19,21). The second-order valence-corrected chi connectivity index (χ2v) is 8.28. The Morgan fingerprint density at radius 3 is 2.48 bits per heavy atom. The van der Waals surface area contributed by atoms with Gasteiger partial charge in [0.25, 0.3) is 5.91 Å². The van der Waals surface area contributed by atoms with E-state index in [-0.39, 0.29) is 27.4 Å². The number of nitrogens with zero attached hydrogens (tertiary/aromatic N) is 2. The number of aromatic nitrogens is 2. The first-order valence-corrected chi connectivity index (χ1v) is 10.0. The van der Waals surface area contributed by atoms with E-state index in [2.05, 4.69) is 15.3 Å². The van der Waals surface area contributed by atoms with Gasteiger partial charge in [-0.2, -0.15) is 0 Å². The normalized spacial score (nSPS) is 11.4. The van der Waals surface area contributed by atoms with Crippen LogP contribution in [-0.4, -0.2) is 30.5 Å². The van der Waals surface area contributed by atoms with Crippen LogP contribution >= 0.6 is 23.2 Å². The topological polar surface area (TPSA) is 115 Å². The maximum Gasteiger partial charge on any atom is 0.271 e. The van der Waals surface area contributed by atoms with Crippen molar-refractivity contribution in [3.63, 3.8) is 0 Å². The summed E-state index contributed by atoms with van der Waals surface area (Å²) in [5.41, 5.74) is 6.72. The maximum atomic E-state index is 11.6. The van der Waals surface area contributed by atoms with Crippen LogP contribution in [0.1, 0.15) is 28.7 Å². The van der Waals surface area contributed by atoms with E-state index in [0.717, 1.165) is 6.26 Å². The summed E-state index contributed by atoms with van der Waals surface area (Å²) in [6.45, 7) is 1.83. The minimum absolute atomic E-state index is 0.0439. The average Bonchev–Trinajstić information content (AvgIpc) is 2.49. The fourth-order valence-corrected chi connectivity index (χ4v) is 3.50. The van der Waals surface area contributed by atoms with Crippen molar-refractivity contribution in [2.24, 2.45) is 5.73 Å². The van der Waals surface area contributed by atoms with Crippen LogP contribution in [-0.2, 0) is 22.0 Å². The second-order valence-electron chi connectivity index (χ2n) is 5.38. The van der Waals surface area contributed by atoms with Crippen LogP contribution in [0.4, 0.5) is 11.5 Å². The quantitative estimate of drug-likeness (QED) is 0.767. The molecule has 1 aromatic carbocycles. The van der Waals surface area contributed by atoms with Crippen molar-refractivity contribution in [2.45, 2.75) is 19.1 Å². The molecular formula is C15H16Cl2N4O3S. The smallest absolute Gasteiger partial charge is 0.271 e. The number of amides is 1. The maximum absolute atomic E-state index is 11.6. The van der Waals surface area contributed by atoms with Gasteiger partial charge < -0.3 is 11.1 Å². The van der Waals surface area contributed by atoms with Gasteiger partial charge in [0.2, 0.25) is 0 Å². The molecule has 0 atom stereocenters. The molecule has 0 saturated carbocycles. The monoisotopic (exact) mass is 402 g/mol. The van der Waals surface area contributed by atoms with Crippen LogP contribution < -0.4 is 11.1 Å². The van der Waals surface area contributed by atoms with Gasteiger partial charge in [0.15, 0.2) is 26.5 Å². The Labute approximate surface area is 155 Å². The fraction of sp³-hybridized carbons (Fsp3) is 0.267. The minimum Gasteiger partial charge on any atom is -0.364 e. The zero-order valence-electron chi connectivity index (χ0n) is 13.5. The number of carbonyl (C=O) groups is 1. The molecule has 0 bridgehead atoms. The van der Waals surface area contributed by atoms with E-state index in [1.807, 2.05) is 6.92 Å². The van der Waals surface area contributed by atoms with Gasteiger partial charge >= 0.3 is 0 Å². The summed E-state index contributed by atoms with van der Waals surface area (Å²) in [6, 6.07) is 4.71. The Bertz CT molecular complexity index is 933. The molecule has 0 unspecified atom stereocenters. The molecule has 1 heterocycles. The molecule has 1 aromatic heterocycles. The average molecular weight is 403 g/mol. The molecule has 10 heteroatoms. The van der Waals surface area contributed by atoms with Crippen LogP contribution in [0.2, 0.25) is 10.2 Å². The first kappa shape index (κ1) is 19.4. The minimum atomic E-state index is -3.21. The van der Waals surface area contributed by atoms with Crippen LogP contribution in [0.3, 0.4) is 0 Å². The number of rotatable bonds is 6. The predicted molar refractivity (Wildman–Crippen MR) is 98.2 cm³/mol. The molecule has 0 radical (unpaired) electrons. The van der Waals surface area contributed by atoms with Gasteiger partial charge in [-0.15, -0.1) is 0 Å². The number of halogens is 2. The van der Waals surface area contributed by atoms with E-state index in [0.29, 0.717) is 23.4 Å². The summed E-state index contributed by atoms with van der Waals surface area (Å²) < 4.78 is 22.8. The molecule has 0 saturated heterocycles. The molecule has 0 aliphatic rings. The van der Waals surface area contributed by atoms with Gasteiger partial charge in [0, 0.05) is 17.0 Å². The number of aryl methyl sites for hydroxylation is 1. The van der Waals surface area contributed by atoms with E-state index in [9.17, 15) is 13.2 Å². The van der Waals surface area contributed by atoms with Gasteiger partial charge in [-0.1, -0.05) is 36.2 Å². The summed E-state index contributed by atoms with van der Waals surface area (Å²) in [5.74, 6) is -0.821. The molecule has 0 aliphatic heterocycles. The summed E-state index contributed by atoms with van der Waals surface area (Å²) in [4.78, 5) is 19.9. The third-order valence-corrected chi connectivity index (χ3v) is 4.71. The predicted octanol–water partition coefficient (Wildman–Crippen LogP) is 2.73. The summed E-state index contributed by atoms with van der Waals surface area (Å²) >= 11 is 12.2. The van der Waals surface area contributed by atoms with Gasteiger partial charge in [-0.25, -0.2) is 18.4 Å². The lowest BCUT2D eigenvalue weighted by atomic mass is 10.2. The first-order chi connectivity index (χ1) is 11.6. The first-order valence-electron chi connectivity index (χ1n) is 7.20. The van der Waals surface area contributed by atoms with Crippen molar-refractivity contribution < 1.29 is 13.2 Å².